The van der Waals surface area contributed by atoms with E-state index in [2.05, 4.69) is 16.0 Å². The highest BCUT2D eigenvalue weighted by Gasteiger charge is 2.27. The zero-order chi connectivity index (χ0) is 17.0. The maximum atomic E-state index is 12.2. The topological polar surface area (TPSA) is 90.5 Å². The summed E-state index contributed by atoms with van der Waals surface area (Å²) in [7, 11) is 2.03. The van der Waals surface area contributed by atoms with Gasteiger partial charge in [-0.15, -0.1) is 0 Å². The number of quaternary nitrogens is 1. The Morgan fingerprint density at radius 2 is 1.91 bits per heavy atom. The minimum absolute atomic E-state index is 0.144. The van der Waals surface area contributed by atoms with Crippen LogP contribution in [0.5, 0.6) is 5.75 Å². The number of anilines is 2. The average molecular weight is 342 g/mol. The molecule has 1 aromatic carbocycles. The van der Waals surface area contributed by atoms with Crippen LogP contribution in [0, 0.1) is 0 Å². The van der Waals surface area contributed by atoms with Crippen molar-refractivity contribution >= 4 is 34.8 Å². The SMILES string of the molecule is CC(=O)Nc1cc(O)c(NC(=O)C[N+]2(C)CCNCC2)cc1Cl. The summed E-state index contributed by atoms with van der Waals surface area (Å²) in [5.41, 5.74) is 0.534. The van der Waals surface area contributed by atoms with Crippen LogP contribution in [0.15, 0.2) is 12.1 Å². The smallest absolute Gasteiger partial charge is 0.279 e. The molecule has 0 saturated carbocycles. The third-order valence-electron chi connectivity index (χ3n) is 3.85. The molecule has 126 valence electrons. The fourth-order valence-electron chi connectivity index (χ4n) is 2.58. The van der Waals surface area contributed by atoms with Crippen molar-refractivity contribution in [3.8, 4) is 5.75 Å². The van der Waals surface area contributed by atoms with E-state index in [1.54, 1.807) is 0 Å². The summed E-state index contributed by atoms with van der Waals surface area (Å²) in [4.78, 5) is 23.3. The number of nitrogens with zero attached hydrogens (tertiary/aromatic N) is 1. The van der Waals surface area contributed by atoms with Crippen LogP contribution in [-0.4, -0.2) is 61.2 Å². The number of rotatable bonds is 4. The Labute approximate surface area is 140 Å². The van der Waals surface area contributed by atoms with E-state index in [9.17, 15) is 14.7 Å². The second-order valence-corrected chi connectivity index (χ2v) is 6.46. The molecular formula is C15H22ClN4O3+. The molecule has 2 amide bonds. The predicted molar refractivity (Wildman–Crippen MR) is 89.7 cm³/mol. The summed E-state index contributed by atoms with van der Waals surface area (Å²) in [6.45, 7) is 5.19. The average Bonchev–Trinajstić information content (AvgIpc) is 2.44. The van der Waals surface area contributed by atoms with Gasteiger partial charge < -0.3 is 25.5 Å². The number of carbonyl (C=O) groups excluding carboxylic acids is 2. The zero-order valence-electron chi connectivity index (χ0n) is 13.3. The summed E-state index contributed by atoms with van der Waals surface area (Å²) < 4.78 is 0.650. The van der Waals surface area contributed by atoms with Crippen LogP contribution < -0.4 is 16.0 Å². The third kappa shape index (κ3) is 4.82. The molecule has 2 rings (SSSR count). The van der Waals surface area contributed by atoms with E-state index in [0.717, 1.165) is 26.2 Å². The van der Waals surface area contributed by atoms with Crippen molar-refractivity contribution in [3.63, 3.8) is 0 Å². The summed E-state index contributed by atoms with van der Waals surface area (Å²) >= 11 is 6.06. The van der Waals surface area contributed by atoms with Gasteiger partial charge in [0.15, 0.2) is 6.54 Å². The number of nitrogens with one attached hydrogen (secondary N) is 3. The highest BCUT2D eigenvalue weighted by molar-refractivity contribution is 6.34. The Kier molecular flexibility index (Phi) is 5.46. The molecule has 0 bridgehead atoms. The minimum Gasteiger partial charge on any atom is -0.506 e. The van der Waals surface area contributed by atoms with Crippen LogP contribution in [0.3, 0.4) is 0 Å². The van der Waals surface area contributed by atoms with Gasteiger partial charge in [0.2, 0.25) is 5.91 Å². The maximum Gasteiger partial charge on any atom is 0.279 e. The number of likely N-dealkylation sites (N-methyl/N-ethyl adjacent to an activating group) is 1. The molecular weight excluding hydrogens is 320 g/mol. The van der Waals surface area contributed by atoms with Crippen molar-refractivity contribution in [2.75, 3.05) is 50.4 Å². The molecule has 1 fully saturated rings. The Morgan fingerprint density at radius 3 is 2.52 bits per heavy atom. The lowest BCUT2D eigenvalue weighted by molar-refractivity contribution is -0.903. The van der Waals surface area contributed by atoms with Gasteiger partial charge in [-0.1, -0.05) is 11.6 Å². The quantitative estimate of drug-likeness (QED) is 0.485. The summed E-state index contributed by atoms with van der Waals surface area (Å²) in [6.07, 6.45) is 0. The number of hydrogen-bond acceptors (Lipinski definition) is 4. The first-order valence-corrected chi connectivity index (χ1v) is 7.81. The van der Waals surface area contributed by atoms with Crippen LogP contribution in [0.2, 0.25) is 5.02 Å². The van der Waals surface area contributed by atoms with E-state index < -0.39 is 0 Å². The second-order valence-electron chi connectivity index (χ2n) is 6.05. The van der Waals surface area contributed by atoms with Crippen molar-refractivity contribution in [2.45, 2.75) is 6.92 Å². The van der Waals surface area contributed by atoms with E-state index >= 15 is 0 Å². The van der Waals surface area contributed by atoms with Crippen molar-refractivity contribution in [3.05, 3.63) is 17.2 Å². The highest BCUT2D eigenvalue weighted by atomic mass is 35.5. The molecule has 1 aliphatic rings. The van der Waals surface area contributed by atoms with Gasteiger partial charge in [0.05, 0.1) is 36.5 Å². The van der Waals surface area contributed by atoms with E-state index in [1.165, 1.54) is 19.1 Å². The van der Waals surface area contributed by atoms with E-state index in [-0.39, 0.29) is 28.3 Å². The zero-order valence-corrected chi connectivity index (χ0v) is 14.0. The fourth-order valence-corrected chi connectivity index (χ4v) is 2.79. The van der Waals surface area contributed by atoms with Gasteiger partial charge in [0.1, 0.15) is 5.75 Å². The van der Waals surface area contributed by atoms with Crippen LogP contribution in [0.4, 0.5) is 11.4 Å². The lowest BCUT2D eigenvalue weighted by atomic mass is 10.2. The van der Waals surface area contributed by atoms with Gasteiger partial charge in [-0.25, -0.2) is 0 Å². The van der Waals surface area contributed by atoms with Crippen LogP contribution in [-0.2, 0) is 9.59 Å². The summed E-state index contributed by atoms with van der Waals surface area (Å²) in [5.74, 6) is -0.623. The number of hydrogen-bond donors (Lipinski definition) is 4. The first-order chi connectivity index (χ1) is 10.8. The van der Waals surface area contributed by atoms with Gasteiger partial charge in [0.25, 0.3) is 5.91 Å². The fraction of sp³-hybridized carbons (Fsp3) is 0.467. The molecule has 0 aliphatic carbocycles. The molecule has 4 N–H and O–H groups in total. The molecule has 7 nitrogen and oxygen atoms in total. The number of halogens is 1. The molecule has 0 spiro atoms. The highest BCUT2D eigenvalue weighted by Crippen LogP contribution is 2.33. The minimum atomic E-state index is -0.292. The summed E-state index contributed by atoms with van der Waals surface area (Å²) in [5, 5.41) is 18.7. The van der Waals surface area contributed by atoms with Crippen LogP contribution >= 0.6 is 11.6 Å². The first kappa shape index (κ1) is 17.5. The molecule has 1 heterocycles. The molecule has 0 aromatic heterocycles. The van der Waals surface area contributed by atoms with E-state index in [4.69, 9.17) is 11.6 Å². The monoisotopic (exact) mass is 341 g/mol. The molecule has 23 heavy (non-hydrogen) atoms. The van der Waals surface area contributed by atoms with Crippen molar-refractivity contribution in [1.29, 1.82) is 0 Å². The van der Waals surface area contributed by atoms with E-state index in [1.807, 2.05) is 7.05 Å². The first-order valence-electron chi connectivity index (χ1n) is 7.43. The predicted octanol–water partition coefficient (Wildman–Crippen LogP) is 0.992. The number of carbonyl (C=O) groups is 2. The van der Waals surface area contributed by atoms with Crippen molar-refractivity contribution < 1.29 is 19.2 Å². The number of phenolic OH excluding ortho intramolecular Hbond substituents is 1. The Morgan fingerprint density at radius 1 is 1.26 bits per heavy atom. The van der Waals surface area contributed by atoms with Gasteiger partial charge in [0, 0.05) is 26.1 Å². The Balaban J connectivity index is 2.06. The third-order valence-corrected chi connectivity index (χ3v) is 4.17. The van der Waals surface area contributed by atoms with E-state index in [0.29, 0.717) is 16.7 Å². The second kappa shape index (κ2) is 7.16. The van der Waals surface area contributed by atoms with Crippen molar-refractivity contribution in [2.24, 2.45) is 0 Å². The molecule has 0 radical (unpaired) electrons. The number of amides is 2. The molecule has 0 unspecified atom stereocenters. The molecule has 8 heteroatoms. The molecule has 1 aromatic rings. The molecule has 1 saturated heterocycles. The van der Waals surface area contributed by atoms with Gasteiger partial charge >= 0.3 is 0 Å². The van der Waals surface area contributed by atoms with Gasteiger partial charge in [-0.05, 0) is 6.07 Å². The maximum absolute atomic E-state index is 12.2. The lowest BCUT2D eigenvalue weighted by Crippen LogP contribution is -2.58. The largest absolute Gasteiger partial charge is 0.506 e. The van der Waals surface area contributed by atoms with Gasteiger partial charge in [-0.3, -0.25) is 9.59 Å². The number of aromatic hydroxyl groups is 1. The summed E-state index contributed by atoms with van der Waals surface area (Å²) in [6, 6.07) is 2.75. The number of phenols is 1. The normalized spacial score (nSPS) is 16.7. The molecule has 1 aliphatic heterocycles. The number of benzene rings is 1. The van der Waals surface area contributed by atoms with Crippen LogP contribution in [0.25, 0.3) is 0 Å². The molecule has 0 atom stereocenters. The Bertz CT molecular complexity index is 615. The van der Waals surface area contributed by atoms with Gasteiger partial charge in [-0.2, -0.15) is 0 Å². The Hall–Kier alpha value is -1.83. The lowest BCUT2D eigenvalue weighted by Gasteiger charge is -2.37. The standard InChI is InChI=1S/C15H21ClN4O3/c1-10(21)18-12-8-14(22)13(7-11(12)16)19-15(23)9-20(2)5-3-17-4-6-20/h7-8,17H,3-6,9H2,1-2H3,(H2-,18,19,21,22,23)/p+1. The number of piperazine rings is 1. The van der Waals surface area contributed by atoms with Crippen LogP contribution in [0.1, 0.15) is 6.92 Å². The van der Waals surface area contributed by atoms with Crippen molar-refractivity contribution in [1.82, 2.24) is 5.32 Å².